The van der Waals surface area contributed by atoms with Gasteiger partial charge in [0.15, 0.2) is 0 Å². The van der Waals surface area contributed by atoms with Gasteiger partial charge in [0.05, 0.1) is 10.7 Å². The number of nitrogen functional groups attached to an aromatic ring is 1. The highest BCUT2D eigenvalue weighted by molar-refractivity contribution is 7.18. The van der Waals surface area contributed by atoms with Crippen LogP contribution in [0, 0.1) is 0 Å². The average molecular weight is 213 g/mol. The third-order valence-corrected chi connectivity index (χ3v) is 2.76. The number of anilines is 2. The lowest BCUT2D eigenvalue weighted by molar-refractivity contribution is 0.0960. The Kier molecular flexibility index (Phi) is 3.76. The van der Waals surface area contributed by atoms with Crippen LogP contribution in [0.5, 0.6) is 0 Å². The summed E-state index contributed by atoms with van der Waals surface area (Å²) in [6, 6.07) is 1.79. The van der Waals surface area contributed by atoms with Gasteiger partial charge in [-0.25, -0.2) is 0 Å². The molecule has 0 spiro atoms. The summed E-state index contributed by atoms with van der Waals surface area (Å²) in [6.07, 6.45) is 0. The van der Waals surface area contributed by atoms with Crippen molar-refractivity contribution in [1.82, 2.24) is 5.32 Å². The van der Waals surface area contributed by atoms with Gasteiger partial charge in [-0.2, -0.15) is 0 Å². The van der Waals surface area contributed by atoms with E-state index in [1.807, 2.05) is 13.8 Å². The van der Waals surface area contributed by atoms with Crippen LogP contribution in [-0.2, 0) is 0 Å². The second kappa shape index (κ2) is 4.85. The van der Waals surface area contributed by atoms with Crippen LogP contribution in [0.3, 0.4) is 0 Å². The number of thiophene rings is 1. The number of amides is 1. The zero-order valence-electron chi connectivity index (χ0n) is 8.39. The summed E-state index contributed by atoms with van der Waals surface area (Å²) in [6.45, 7) is 5.33. The first-order valence-corrected chi connectivity index (χ1v) is 5.42. The average Bonchev–Trinajstić information content (AvgIpc) is 2.48. The fourth-order valence-electron chi connectivity index (χ4n) is 1.08. The Morgan fingerprint density at radius 1 is 1.50 bits per heavy atom. The first-order valence-electron chi connectivity index (χ1n) is 4.60. The van der Waals surface area contributed by atoms with Gasteiger partial charge in [0.2, 0.25) is 0 Å². The number of nitrogens with two attached hydrogens (primary N) is 1. The van der Waals surface area contributed by atoms with Gasteiger partial charge >= 0.3 is 0 Å². The molecule has 0 bridgehead atoms. The summed E-state index contributed by atoms with van der Waals surface area (Å²) in [7, 11) is 0. The molecule has 78 valence electrons. The lowest BCUT2D eigenvalue weighted by Crippen LogP contribution is -2.22. The van der Waals surface area contributed by atoms with E-state index in [0.29, 0.717) is 17.1 Å². The molecule has 4 N–H and O–H groups in total. The minimum atomic E-state index is -0.0980. The lowest BCUT2D eigenvalue weighted by Gasteiger charge is -1.99. The SMILES string of the molecule is CCNC(=O)c1sc(NCC)cc1N. The minimum absolute atomic E-state index is 0.0980. The molecule has 1 aromatic heterocycles. The Labute approximate surface area is 87.5 Å². The van der Waals surface area contributed by atoms with Gasteiger partial charge in [-0.15, -0.1) is 11.3 Å². The van der Waals surface area contributed by atoms with Crippen LogP contribution in [-0.4, -0.2) is 19.0 Å². The van der Waals surface area contributed by atoms with Crippen LogP contribution in [0.4, 0.5) is 10.7 Å². The highest BCUT2D eigenvalue weighted by Crippen LogP contribution is 2.28. The maximum absolute atomic E-state index is 11.5. The van der Waals surface area contributed by atoms with E-state index in [9.17, 15) is 4.79 Å². The van der Waals surface area contributed by atoms with Crippen molar-refractivity contribution in [2.45, 2.75) is 13.8 Å². The van der Waals surface area contributed by atoms with Crippen LogP contribution in [0.1, 0.15) is 23.5 Å². The maximum Gasteiger partial charge on any atom is 0.263 e. The molecule has 1 rings (SSSR count). The molecular formula is C9H15N3OS. The maximum atomic E-state index is 11.5. The molecule has 1 aromatic rings. The zero-order chi connectivity index (χ0) is 10.6. The van der Waals surface area contributed by atoms with E-state index in [1.165, 1.54) is 11.3 Å². The van der Waals surface area contributed by atoms with Crippen molar-refractivity contribution in [3.8, 4) is 0 Å². The van der Waals surface area contributed by atoms with Crippen LogP contribution in [0.25, 0.3) is 0 Å². The van der Waals surface area contributed by atoms with E-state index in [1.54, 1.807) is 6.07 Å². The molecule has 1 heterocycles. The van der Waals surface area contributed by atoms with Crippen molar-refractivity contribution in [2.75, 3.05) is 24.1 Å². The monoisotopic (exact) mass is 213 g/mol. The van der Waals surface area contributed by atoms with Gasteiger partial charge in [0.25, 0.3) is 5.91 Å². The summed E-state index contributed by atoms with van der Waals surface area (Å²) < 4.78 is 0. The highest BCUT2D eigenvalue weighted by atomic mass is 32.1. The van der Waals surface area contributed by atoms with E-state index in [2.05, 4.69) is 10.6 Å². The fraction of sp³-hybridized carbons (Fsp3) is 0.444. The molecule has 0 radical (unpaired) electrons. The first kappa shape index (κ1) is 10.8. The second-order valence-corrected chi connectivity index (χ2v) is 3.84. The van der Waals surface area contributed by atoms with Crippen molar-refractivity contribution in [1.29, 1.82) is 0 Å². The predicted molar refractivity (Wildman–Crippen MR) is 60.9 cm³/mol. The summed E-state index contributed by atoms with van der Waals surface area (Å²) in [5, 5.41) is 6.78. The quantitative estimate of drug-likeness (QED) is 0.710. The topological polar surface area (TPSA) is 67.2 Å². The van der Waals surface area contributed by atoms with Crippen LogP contribution in [0.15, 0.2) is 6.07 Å². The van der Waals surface area contributed by atoms with E-state index < -0.39 is 0 Å². The molecule has 0 aromatic carbocycles. The smallest absolute Gasteiger partial charge is 0.263 e. The standard InChI is InChI=1S/C9H15N3OS/c1-3-11-7-5-6(10)8(14-7)9(13)12-4-2/h5,11H,3-4,10H2,1-2H3,(H,12,13). The first-order chi connectivity index (χ1) is 6.69. The Bertz CT molecular complexity index is 322. The van der Waals surface area contributed by atoms with Crippen molar-refractivity contribution >= 4 is 27.9 Å². The number of hydrogen-bond acceptors (Lipinski definition) is 4. The van der Waals surface area contributed by atoms with Gasteiger partial charge in [-0.3, -0.25) is 4.79 Å². The number of nitrogens with one attached hydrogen (secondary N) is 2. The molecule has 0 aliphatic carbocycles. The van der Waals surface area contributed by atoms with Crippen molar-refractivity contribution in [3.05, 3.63) is 10.9 Å². The van der Waals surface area contributed by atoms with Gasteiger partial charge in [0.1, 0.15) is 4.88 Å². The Balaban J connectivity index is 2.81. The number of carbonyl (C=O) groups excluding carboxylic acids is 1. The molecule has 0 saturated carbocycles. The summed E-state index contributed by atoms with van der Waals surface area (Å²) in [4.78, 5) is 12.1. The second-order valence-electron chi connectivity index (χ2n) is 2.78. The van der Waals surface area contributed by atoms with Gasteiger partial charge in [-0.05, 0) is 19.9 Å². The predicted octanol–water partition coefficient (Wildman–Crippen LogP) is 1.51. The van der Waals surface area contributed by atoms with E-state index >= 15 is 0 Å². The summed E-state index contributed by atoms with van der Waals surface area (Å²) in [5.41, 5.74) is 6.25. The molecule has 0 unspecified atom stereocenters. The molecule has 4 nitrogen and oxygen atoms in total. The van der Waals surface area contributed by atoms with Crippen molar-refractivity contribution in [2.24, 2.45) is 0 Å². The summed E-state index contributed by atoms with van der Waals surface area (Å²) >= 11 is 1.38. The van der Waals surface area contributed by atoms with Crippen LogP contribution in [0.2, 0.25) is 0 Å². The molecule has 14 heavy (non-hydrogen) atoms. The van der Waals surface area contributed by atoms with Crippen molar-refractivity contribution in [3.63, 3.8) is 0 Å². The normalized spacial score (nSPS) is 9.86. The molecule has 0 aliphatic heterocycles. The Hall–Kier alpha value is -1.23. The molecule has 5 heteroatoms. The number of rotatable bonds is 4. The van der Waals surface area contributed by atoms with E-state index in [0.717, 1.165) is 11.5 Å². The molecule has 0 fully saturated rings. The number of hydrogen-bond donors (Lipinski definition) is 3. The van der Waals surface area contributed by atoms with Gasteiger partial charge in [0, 0.05) is 13.1 Å². The number of carbonyl (C=O) groups is 1. The highest BCUT2D eigenvalue weighted by Gasteiger charge is 2.12. The van der Waals surface area contributed by atoms with Crippen molar-refractivity contribution < 1.29 is 4.79 Å². The summed E-state index contributed by atoms with van der Waals surface area (Å²) in [5.74, 6) is -0.0980. The lowest BCUT2D eigenvalue weighted by atomic mass is 10.3. The fourth-order valence-corrected chi connectivity index (χ4v) is 2.05. The zero-order valence-corrected chi connectivity index (χ0v) is 9.20. The van der Waals surface area contributed by atoms with E-state index in [-0.39, 0.29) is 5.91 Å². The largest absolute Gasteiger partial charge is 0.397 e. The van der Waals surface area contributed by atoms with Crippen LogP contribution < -0.4 is 16.4 Å². The third-order valence-electron chi connectivity index (χ3n) is 1.66. The molecule has 0 aliphatic rings. The minimum Gasteiger partial charge on any atom is -0.397 e. The van der Waals surface area contributed by atoms with Crippen LogP contribution >= 0.6 is 11.3 Å². The van der Waals surface area contributed by atoms with E-state index in [4.69, 9.17) is 5.73 Å². The molecular weight excluding hydrogens is 198 g/mol. The Morgan fingerprint density at radius 2 is 2.21 bits per heavy atom. The molecule has 0 saturated heterocycles. The van der Waals surface area contributed by atoms with Gasteiger partial charge in [-0.1, -0.05) is 0 Å². The Morgan fingerprint density at radius 3 is 2.79 bits per heavy atom. The molecule has 1 amide bonds. The van der Waals surface area contributed by atoms with Gasteiger partial charge < -0.3 is 16.4 Å². The third kappa shape index (κ3) is 2.38. The molecule has 0 atom stereocenters.